The van der Waals surface area contributed by atoms with Gasteiger partial charge in [-0.15, -0.1) is 11.3 Å². The molecule has 4 rings (SSSR count). The minimum atomic E-state index is 0.149. The van der Waals surface area contributed by atoms with Crippen LogP contribution in [-0.2, 0) is 6.42 Å². The molecule has 0 aliphatic heterocycles. The fraction of sp³-hybridized carbons (Fsp3) is 0.393. The van der Waals surface area contributed by atoms with E-state index in [9.17, 15) is 4.79 Å². The van der Waals surface area contributed by atoms with E-state index in [-0.39, 0.29) is 11.7 Å². The van der Waals surface area contributed by atoms with Crippen molar-refractivity contribution in [2.75, 3.05) is 0 Å². The first kappa shape index (κ1) is 23.4. The second-order valence-corrected chi connectivity index (χ2v) is 9.73. The van der Waals surface area contributed by atoms with Gasteiger partial charge in [-0.2, -0.15) is 0 Å². The first-order chi connectivity index (χ1) is 16.1. The molecule has 0 spiro atoms. The van der Waals surface area contributed by atoms with Gasteiger partial charge in [0, 0.05) is 47.1 Å². The van der Waals surface area contributed by atoms with Gasteiger partial charge in [0.1, 0.15) is 5.82 Å². The van der Waals surface area contributed by atoms with E-state index < -0.39 is 0 Å². The molecule has 0 aliphatic carbocycles. The largest absolute Gasteiger partial charge is 0.325 e. The van der Waals surface area contributed by atoms with Gasteiger partial charge in [-0.3, -0.25) is 9.78 Å². The van der Waals surface area contributed by atoms with Gasteiger partial charge in [0.05, 0.1) is 11.0 Å². The Morgan fingerprint density at radius 3 is 2.58 bits per heavy atom. The lowest BCUT2D eigenvalue weighted by Gasteiger charge is -2.19. The van der Waals surface area contributed by atoms with Gasteiger partial charge >= 0.3 is 0 Å². The van der Waals surface area contributed by atoms with E-state index in [1.165, 1.54) is 4.88 Å². The summed E-state index contributed by atoms with van der Waals surface area (Å²) >= 11 is 1.77. The maximum Gasteiger partial charge on any atom is 0.163 e. The van der Waals surface area contributed by atoms with Gasteiger partial charge in [-0.1, -0.05) is 39.3 Å². The zero-order chi connectivity index (χ0) is 23.2. The fourth-order valence-electron chi connectivity index (χ4n) is 4.74. The highest BCUT2D eigenvalue weighted by atomic mass is 32.1. The summed E-state index contributed by atoms with van der Waals surface area (Å²) in [5, 5.41) is 2.12. The Kier molecular flexibility index (Phi) is 7.71. The Morgan fingerprint density at radius 1 is 1.06 bits per heavy atom. The van der Waals surface area contributed by atoms with E-state index in [4.69, 9.17) is 4.98 Å². The molecule has 0 amide bonds. The van der Waals surface area contributed by atoms with Crippen molar-refractivity contribution in [3.05, 3.63) is 82.1 Å². The van der Waals surface area contributed by atoms with Crippen molar-refractivity contribution in [2.45, 2.75) is 71.3 Å². The molecule has 3 heterocycles. The third kappa shape index (κ3) is 5.25. The number of rotatable bonds is 11. The van der Waals surface area contributed by atoms with Crippen LogP contribution in [0.3, 0.4) is 0 Å². The van der Waals surface area contributed by atoms with Crippen molar-refractivity contribution in [3.63, 3.8) is 0 Å². The van der Waals surface area contributed by atoms with Crippen LogP contribution in [0.5, 0.6) is 0 Å². The summed E-state index contributed by atoms with van der Waals surface area (Å²) in [5.41, 5.74) is 3.80. The maximum absolute atomic E-state index is 13.3. The fourth-order valence-corrected chi connectivity index (χ4v) is 5.44. The number of imidazole rings is 1. The molecule has 0 radical (unpaired) electrons. The topological polar surface area (TPSA) is 47.8 Å². The molecule has 0 bridgehead atoms. The normalized spacial score (nSPS) is 12.5. The number of hydrogen-bond donors (Lipinski definition) is 0. The van der Waals surface area contributed by atoms with Gasteiger partial charge in [-0.25, -0.2) is 4.98 Å². The Labute approximate surface area is 200 Å². The van der Waals surface area contributed by atoms with Gasteiger partial charge in [-0.05, 0) is 61.0 Å². The lowest BCUT2D eigenvalue weighted by atomic mass is 9.91. The number of pyridine rings is 1. The summed E-state index contributed by atoms with van der Waals surface area (Å²) in [5.74, 6) is 1.40. The zero-order valence-corrected chi connectivity index (χ0v) is 20.6. The van der Waals surface area contributed by atoms with Gasteiger partial charge < -0.3 is 4.57 Å². The quantitative estimate of drug-likeness (QED) is 0.217. The summed E-state index contributed by atoms with van der Waals surface area (Å²) in [6.45, 7) is 6.63. The summed E-state index contributed by atoms with van der Waals surface area (Å²) in [6.07, 6.45) is 7.22. The average Bonchev–Trinajstić information content (AvgIpc) is 3.48. The van der Waals surface area contributed by atoms with Crippen LogP contribution in [0.1, 0.15) is 91.6 Å². The van der Waals surface area contributed by atoms with Crippen molar-refractivity contribution in [3.8, 4) is 0 Å². The van der Waals surface area contributed by atoms with E-state index in [1.54, 1.807) is 11.3 Å². The third-order valence-corrected chi connectivity index (χ3v) is 7.36. The van der Waals surface area contributed by atoms with E-state index in [0.717, 1.165) is 60.2 Å². The number of benzene rings is 1. The van der Waals surface area contributed by atoms with Crippen LogP contribution >= 0.6 is 11.3 Å². The predicted molar refractivity (Wildman–Crippen MR) is 137 cm³/mol. The van der Waals surface area contributed by atoms with Crippen LogP contribution < -0.4 is 0 Å². The monoisotopic (exact) mass is 459 g/mol. The summed E-state index contributed by atoms with van der Waals surface area (Å²) in [4.78, 5) is 24.1. The van der Waals surface area contributed by atoms with E-state index in [2.05, 4.69) is 53.9 Å². The van der Waals surface area contributed by atoms with Crippen molar-refractivity contribution >= 4 is 28.2 Å². The highest BCUT2D eigenvalue weighted by Gasteiger charge is 2.21. The molecule has 5 heteroatoms. The van der Waals surface area contributed by atoms with Crippen LogP contribution in [0.2, 0.25) is 0 Å². The first-order valence-corrected chi connectivity index (χ1v) is 13.0. The SMILES string of the molecule is CCCC(CC(=O)c1ccc2c(c1)nc(Cc1cccs1)n2C(CC)CC)c1ccccn1. The Balaban J connectivity index is 1.66. The minimum Gasteiger partial charge on any atom is -0.325 e. The smallest absolute Gasteiger partial charge is 0.163 e. The second-order valence-electron chi connectivity index (χ2n) is 8.70. The van der Waals surface area contributed by atoms with Crippen molar-refractivity contribution < 1.29 is 4.79 Å². The third-order valence-electron chi connectivity index (χ3n) is 6.48. The molecule has 0 saturated carbocycles. The summed E-state index contributed by atoms with van der Waals surface area (Å²) < 4.78 is 2.40. The molecule has 3 aromatic heterocycles. The molecule has 4 aromatic rings. The molecule has 1 atom stereocenters. The van der Waals surface area contributed by atoms with E-state index in [0.29, 0.717) is 12.5 Å². The molecule has 172 valence electrons. The van der Waals surface area contributed by atoms with Crippen molar-refractivity contribution in [2.24, 2.45) is 0 Å². The average molecular weight is 460 g/mol. The van der Waals surface area contributed by atoms with Crippen molar-refractivity contribution in [1.29, 1.82) is 0 Å². The Hall–Kier alpha value is -2.79. The molecule has 0 fully saturated rings. The number of ketones is 1. The van der Waals surface area contributed by atoms with Crippen LogP contribution in [0.4, 0.5) is 0 Å². The minimum absolute atomic E-state index is 0.149. The first-order valence-electron chi connectivity index (χ1n) is 12.1. The number of carbonyl (C=O) groups is 1. The predicted octanol–water partition coefficient (Wildman–Crippen LogP) is 7.60. The summed E-state index contributed by atoms with van der Waals surface area (Å²) in [7, 11) is 0. The number of fused-ring (bicyclic) bond motifs is 1. The lowest BCUT2D eigenvalue weighted by Crippen LogP contribution is -2.11. The molecule has 0 aliphatic rings. The number of thiophene rings is 1. The molecule has 1 aromatic carbocycles. The lowest BCUT2D eigenvalue weighted by molar-refractivity contribution is 0.0971. The van der Waals surface area contributed by atoms with Gasteiger partial charge in [0.2, 0.25) is 0 Å². The van der Waals surface area contributed by atoms with E-state index >= 15 is 0 Å². The number of nitrogens with zero attached hydrogens (tertiary/aromatic N) is 3. The molecule has 0 N–H and O–H groups in total. The molecule has 1 unspecified atom stereocenters. The molecular weight excluding hydrogens is 426 g/mol. The standard InChI is InChI=1S/C28H33N3OS/c1-4-10-20(24-12-7-8-15-29-24)18-27(32)21-13-14-26-25(17-21)30-28(19-23-11-9-16-33-23)31(26)22(5-2)6-3/h7-9,11-17,20,22H,4-6,10,18-19H2,1-3H3. The summed E-state index contributed by atoms with van der Waals surface area (Å²) in [6, 6.07) is 16.7. The number of hydrogen-bond acceptors (Lipinski definition) is 4. The number of carbonyl (C=O) groups excluding carboxylic acids is 1. The number of aromatic nitrogens is 3. The van der Waals surface area contributed by atoms with Gasteiger partial charge in [0.25, 0.3) is 0 Å². The highest BCUT2D eigenvalue weighted by molar-refractivity contribution is 7.09. The van der Waals surface area contributed by atoms with Crippen LogP contribution in [-0.4, -0.2) is 20.3 Å². The van der Waals surface area contributed by atoms with Crippen LogP contribution in [0, 0.1) is 0 Å². The van der Waals surface area contributed by atoms with Gasteiger partial charge in [0.15, 0.2) is 5.78 Å². The number of Topliss-reactive ketones (excluding diaryl/α,β-unsaturated/α-hetero) is 1. The Bertz CT molecular complexity index is 1180. The van der Waals surface area contributed by atoms with Crippen LogP contribution in [0.15, 0.2) is 60.1 Å². The molecule has 0 saturated heterocycles. The van der Waals surface area contributed by atoms with Crippen molar-refractivity contribution in [1.82, 2.24) is 14.5 Å². The maximum atomic E-state index is 13.3. The van der Waals surface area contributed by atoms with E-state index in [1.807, 2.05) is 36.5 Å². The Morgan fingerprint density at radius 2 is 1.91 bits per heavy atom. The molecular formula is C28H33N3OS. The second kappa shape index (κ2) is 10.9. The molecule has 33 heavy (non-hydrogen) atoms. The zero-order valence-electron chi connectivity index (χ0n) is 19.8. The highest BCUT2D eigenvalue weighted by Crippen LogP contribution is 2.30. The van der Waals surface area contributed by atoms with Crippen LogP contribution in [0.25, 0.3) is 11.0 Å². The molecule has 4 nitrogen and oxygen atoms in total.